The van der Waals surface area contributed by atoms with Gasteiger partial charge in [-0.05, 0) is 17.0 Å². The van der Waals surface area contributed by atoms with Crippen LogP contribution in [0.1, 0.15) is 0 Å². The summed E-state index contributed by atoms with van der Waals surface area (Å²) in [6.07, 6.45) is 0. The zero-order chi connectivity index (χ0) is 22.9. The number of hydrogen-bond acceptors (Lipinski definition) is 6. The van der Waals surface area contributed by atoms with Crippen LogP contribution in [0.15, 0.2) is 107 Å². The molecule has 2 heterocycles. The molecule has 162 valence electrons. The van der Waals surface area contributed by atoms with Crippen LogP contribution in [0, 0.1) is 0 Å². The van der Waals surface area contributed by atoms with Crippen molar-refractivity contribution in [3.8, 4) is 22.4 Å². The predicted molar refractivity (Wildman–Crippen MR) is 135 cm³/mol. The molecule has 34 heavy (non-hydrogen) atoms. The highest BCUT2D eigenvalue weighted by molar-refractivity contribution is 6.04. The lowest BCUT2D eigenvalue weighted by atomic mass is 9.97. The Bertz CT molecular complexity index is 1660. The van der Waals surface area contributed by atoms with E-state index in [-0.39, 0.29) is 0 Å². The fraction of sp³-hybridized carbons (Fsp3) is 0. The summed E-state index contributed by atoms with van der Waals surface area (Å²) in [5.74, 6) is 0.424. The molecule has 0 amide bonds. The van der Waals surface area contributed by atoms with Crippen molar-refractivity contribution in [2.75, 3.05) is 5.73 Å². The van der Waals surface area contributed by atoms with Gasteiger partial charge in [0.05, 0.1) is 11.1 Å². The number of azo groups is 1. The Morgan fingerprint density at radius 3 is 2.18 bits per heavy atom. The third-order valence-corrected chi connectivity index (χ3v) is 5.75. The van der Waals surface area contributed by atoms with Crippen LogP contribution >= 0.6 is 0 Å². The van der Waals surface area contributed by atoms with Crippen molar-refractivity contribution in [1.29, 1.82) is 0 Å². The van der Waals surface area contributed by atoms with Crippen molar-refractivity contribution in [3.05, 3.63) is 97.1 Å². The average Bonchev–Trinajstić information content (AvgIpc) is 3.31. The van der Waals surface area contributed by atoms with E-state index in [9.17, 15) is 0 Å². The Hall–Kier alpha value is -4.91. The minimum atomic E-state index is 0.424. The van der Waals surface area contributed by atoms with Gasteiger partial charge in [0, 0.05) is 16.5 Å². The molecule has 0 atom stereocenters. The van der Waals surface area contributed by atoms with Gasteiger partial charge in [-0.25, -0.2) is 0 Å². The molecule has 2 aromatic heterocycles. The molecule has 6 rings (SSSR count). The number of aromatic nitrogens is 4. The third kappa shape index (κ3) is 3.36. The number of rotatable bonds is 4. The molecule has 0 radical (unpaired) electrons. The number of fused-ring (bicyclic) bond motifs is 2. The van der Waals surface area contributed by atoms with Gasteiger partial charge >= 0.3 is 0 Å². The van der Waals surface area contributed by atoms with Gasteiger partial charge in [0.15, 0.2) is 5.65 Å². The Morgan fingerprint density at radius 2 is 1.38 bits per heavy atom. The largest absolute Gasteiger partial charge is 0.397 e. The maximum Gasteiger partial charge on any atom is 0.205 e. The van der Waals surface area contributed by atoms with E-state index in [1.807, 2.05) is 97.1 Å². The summed E-state index contributed by atoms with van der Waals surface area (Å²) in [6, 6.07) is 31.8. The Labute approximate surface area is 195 Å². The molecule has 4 aromatic carbocycles. The van der Waals surface area contributed by atoms with Crippen LogP contribution in [0.2, 0.25) is 0 Å². The normalized spacial score (nSPS) is 11.5. The Balaban J connectivity index is 1.59. The fourth-order valence-electron chi connectivity index (χ4n) is 4.13. The number of benzene rings is 4. The van der Waals surface area contributed by atoms with Crippen LogP contribution in [-0.2, 0) is 0 Å². The minimum Gasteiger partial charge on any atom is -0.397 e. The van der Waals surface area contributed by atoms with Crippen LogP contribution in [0.25, 0.3) is 44.2 Å². The van der Waals surface area contributed by atoms with Gasteiger partial charge in [0.2, 0.25) is 5.82 Å². The lowest BCUT2D eigenvalue weighted by molar-refractivity contribution is 1.02. The molecule has 0 aliphatic rings. The van der Waals surface area contributed by atoms with E-state index in [1.165, 1.54) is 0 Å². The van der Waals surface area contributed by atoms with Crippen molar-refractivity contribution < 1.29 is 0 Å². The van der Waals surface area contributed by atoms with Crippen molar-refractivity contribution in [2.24, 2.45) is 10.2 Å². The second-order valence-corrected chi connectivity index (χ2v) is 7.85. The highest BCUT2D eigenvalue weighted by atomic mass is 15.3. The zero-order valence-electron chi connectivity index (χ0n) is 18.1. The topological polar surface area (TPSA) is 105 Å². The summed E-state index contributed by atoms with van der Waals surface area (Å²) in [5, 5.41) is 28.1. The second-order valence-electron chi connectivity index (χ2n) is 7.85. The van der Waals surface area contributed by atoms with Crippen LogP contribution in [0.5, 0.6) is 0 Å². The highest BCUT2D eigenvalue weighted by Gasteiger charge is 2.20. The monoisotopic (exact) mass is 441 g/mol. The van der Waals surface area contributed by atoms with E-state index in [1.54, 1.807) is 0 Å². The lowest BCUT2D eigenvalue weighted by Crippen LogP contribution is -1.94. The van der Waals surface area contributed by atoms with E-state index in [0.717, 1.165) is 38.5 Å². The van der Waals surface area contributed by atoms with Crippen LogP contribution in [0.4, 0.5) is 17.2 Å². The molecule has 0 fully saturated rings. The minimum absolute atomic E-state index is 0.424. The first kappa shape index (κ1) is 19.8. The summed E-state index contributed by atoms with van der Waals surface area (Å²) >= 11 is 0. The molecule has 7 nitrogen and oxygen atoms in total. The summed E-state index contributed by atoms with van der Waals surface area (Å²) in [7, 11) is 0. The van der Waals surface area contributed by atoms with E-state index in [2.05, 4.69) is 30.6 Å². The lowest BCUT2D eigenvalue weighted by Gasteiger charge is -2.10. The second kappa shape index (κ2) is 8.22. The van der Waals surface area contributed by atoms with Gasteiger partial charge in [-0.15, -0.1) is 20.4 Å². The number of hydrogen-bond donors (Lipinski definition) is 2. The number of anilines is 1. The number of nitrogens with one attached hydrogen (secondary N) is 1. The van der Waals surface area contributed by atoms with E-state index < -0.39 is 0 Å². The maximum absolute atomic E-state index is 6.26. The Kier molecular flexibility index (Phi) is 4.77. The average molecular weight is 441 g/mol. The molecule has 0 unspecified atom stereocenters. The first-order valence-corrected chi connectivity index (χ1v) is 10.8. The molecule has 0 bridgehead atoms. The first-order valence-electron chi connectivity index (χ1n) is 10.8. The van der Waals surface area contributed by atoms with Crippen molar-refractivity contribution in [2.45, 2.75) is 0 Å². The van der Waals surface area contributed by atoms with E-state index in [4.69, 9.17) is 5.73 Å². The Morgan fingerprint density at radius 1 is 0.676 bits per heavy atom. The third-order valence-electron chi connectivity index (χ3n) is 5.75. The summed E-state index contributed by atoms with van der Waals surface area (Å²) in [5.41, 5.74) is 11.6. The van der Waals surface area contributed by atoms with Gasteiger partial charge in [0.25, 0.3) is 0 Å². The number of nitrogens with zero attached hydrogens (tertiary/aromatic N) is 5. The molecule has 7 heteroatoms. The molecule has 0 saturated carbocycles. The summed E-state index contributed by atoms with van der Waals surface area (Å²) in [4.78, 5) is 0. The van der Waals surface area contributed by atoms with Crippen molar-refractivity contribution >= 4 is 39.0 Å². The van der Waals surface area contributed by atoms with Gasteiger partial charge in [-0.2, -0.15) is 5.10 Å². The molecule has 6 aromatic rings. The van der Waals surface area contributed by atoms with E-state index in [0.29, 0.717) is 22.8 Å². The number of nitrogen functional groups attached to an aromatic ring is 1. The summed E-state index contributed by atoms with van der Waals surface area (Å²) < 4.78 is 0. The number of aromatic amines is 1. The molecular formula is C27H19N7. The zero-order valence-corrected chi connectivity index (χ0v) is 18.1. The molecule has 0 aliphatic carbocycles. The van der Waals surface area contributed by atoms with Crippen LogP contribution in [0.3, 0.4) is 0 Å². The van der Waals surface area contributed by atoms with Crippen molar-refractivity contribution in [1.82, 2.24) is 20.4 Å². The standard InChI is InChI=1S/C27H19N7/c28-21-16-15-17-9-7-8-14-20(17)25(21)30-32-27-23-22(18-10-3-1-4-11-18)24(19-12-5-2-6-13-19)29-31-26(23)33-34-27/h1-16H,28H2,(H,31,33,34). The van der Waals surface area contributed by atoms with Gasteiger partial charge in [0.1, 0.15) is 11.4 Å². The SMILES string of the molecule is Nc1ccc2ccccc2c1N=Nc1n[nH]c2nnc(-c3ccccc3)c(-c3ccccc3)c12. The maximum atomic E-state index is 6.26. The molecular weight excluding hydrogens is 422 g/mol. The quantitative estimate of drug-likeness (QED) is 0.231. The first-order chi connectivity index (χ1) is 16.8. The summed E-state index contributed by atoms with van der Waals surface area (Å²) in [6.45, 7) is 0. The fourth-order valence-corrected chi connectivity index (χ4v) is 4.13. The number of nitrogens with two attached hydrogens (primary N) is 1. The van der Waals surface area contributed by atoms with Gasteiger partial charge in [-0.1, -0.05) is 91.0 Å². The molecule has 0 spiro atoms. The molecule has 3 N–H and O–H groups in total. The number of H-pyrrole nitrogens is 1. The molecule has 0 aliphatic heterocycles. The van der Waals surface area contributed by atoms with Gasteiger partial charge in [-0.3, -0.25) is 5.10 Å². The van der Waals surface area contributed by atoms with Crippen LogP contribution in [-0.4, -0.2) is 20.4 Å². The van der Waals surface area contributed by atoms with Crippen molar-refractivity contribution in [3.63, 3.8) is 0 Å². The highest BCUT2D eigenvalue weighted by Crippen LogP contribution is 2.40. The van der Waals surface area contributed by atoms with E-state index >= 15 is 0 Å². The smallest absolute Gasteiger partial charge is 0.205 e. The van der Waals surface area contributed by atoms with Crippen LogP contribution < -0.4 is 5.73 Å². The predicted octanol–water partition coefficient (Wildman–Crippen LogP) is 6.84. The molecule has 0 saturated heterocycles. The van der Waals surface area contributed by atoms with Gasteiger partial charge < -0.3 is 5.73 Å².